The SMILES string of the molecule is CCC(C)Nc1ncc(C(=O)N2CCN(c3cccc(C)c3C)CC2)cn1. The summed E-state index contributed by atoms with van der Waals surface area (Å²) in [5, 5.41) is 3.22. The highest BCUT2D eigenvalue weighted by Crippen LogP contribution is 2.24. The molecule has 1 amide bonds. The van der Waals surface area contributed by atoms with Crippen molar-refractivity contribution in [3.8, 4) is 0 Å². The molecule has 0 radical (unpaired) electrons. The Balaban J connectivity index is 1.60. The molecule has 1 aromatic heterocycles. The van der Waals surface area contributed by atoms with Crippen molar-refractivity contribution in [1.29, 1.82) is 0 Å². The molecule has 144 valence electrons. The van der Waals surface area contributed by atoms with Crippen LogP contribution in [0, 0.1) is 13.8 Å². The number of piperazine rings is 1. The summed E-state index contributed by atoms with van der Waals surface area (Å²) < 4.78 is 0. The lowest BCUT2D eigenvalue weighted by molar-refractivity contribution is 0.0746. The molecule has 0 saturated carbocycles. The second kappa shape index (κ2) is 8.37. The molecule has 0 aliphatic carbocycles. The van der Waals surface area contributed by atoms with Gasteiger partial charge in [0.15, 0.2) is 0 Å². The number of rotatable bonds is 5. The predicted octanol–water partition coefficient (Wildman–Crippen LogP) is 3.27. The predicted molar refractivity (Wildman–Crippen MR) is 109 cm³/mol. The van der Waals surface area contributed by atoms with Crippen molar-refractivity contribution in [2.75, 3.05) is 36.4 Å². The van der Waals surface area contributed by atoms with Crippen LogP contribution >= 0.6 is 0 Å². The number of benzene rings is 1. The van der Waals surface area contributed by atoms with E-state index in [1.165, 1.54) is 16.8 Å². The highest BCUT2D eigenvalue weighted by molar-refractivity contribution is 5.93. The highest BCUT2D eigenvalue weighted by atomic mass is 16.2. The summed E-state index contributed by atoms with van der Waals surface area (Å²) in [4.78, 5) is 25.6. The molecule has 2 heterocycles. The van der Waals surface area contributed by atoms with Crippen LogP contribution in [-0.4, -0.2) is 53.0 Å². The number of carbonyl (C=O) groups excluding carboxylic acids is 1. The van der Waals surface area contributed by atoms with E-state index >= 15 is 0 Å². The molecule has 1 unspecified atom stereocenters. The Morgan fingerprint density at radius 1 is 1.15 bits per heavy atom. The average molecular weight is 367 g/mol. The number of amides is 1. The summed E-state index contributed by atoms with van der Waals surface area (Å²) >= 11 is 0. The summed E-state index contributed by atoms with van der Waals surface area (Å²) in [6.45, 7) is 11.6. The van der Waals surface area contributed by atoms with Crippen molar-refractivity contribution in [2.45, 2.75) is 40.2 Å². The van der Waals surface area contributed by atoms with Crippen LogP contribution in [0.3, 0.4) is 0 Å². The first-order valence-corrected chi connectivity index (χ1v) is 9.68. The van der Waals surface area contributed by atoms with Gasteiger partial charge in [0, 0.05) is 50.3 Å². The first-order chi connectivity index (χ1) is 13.0. The van der Waals surface area contributed by atoms with Gasteiger partial charge in [-0.15, -0.1) is 0 Å². The number of anilines is 2. The Hall–Kier alpha value is -2.63. The van der Waals surface area contributed by atoms with Crippen molar-refractivity contribution >= 4 is 17.5 Å². The Morgan fingerprint density at radius 3 is 2.44 bits per heavy atom. The van der Waals surface area contributed by atoms with Crippen LogP contribution in [0.1, 0.15) is 41.8 Å². The molecule has 1 fully saturated rings. The minimum atomic E-state index is 0.00528. The number of nitrogens with zero attached hydrogens (tertiary/aromatic N) is 4. The van der Waals surface area contributed by atoms with Crippen molar-refractivity contribution in [3.63, 3.8) is 0 Å². The number of aryl methyl sites for hydroxylation is 1. The van der Waals surface area contributed by atoms with Gasteiger partial charge in [-0.1, -0.05) is 19.1 Å². The maximum Gasteiger partial charge on any atom is 0.257 e. The molecule has 0 bridgehead atoms. The normalized spacial score (nSPS) is 15.6. The van der Waals surface area contributed by atoms with E-state index < -0.39 is 0 Å². The average Bonchev–Trinajstić information content (AvgIpc) is 2.70. The maximum atomic E-state index is 12.8. The molecule has 6 nitrogen and oxygen atoms in total. The molecular formula is C21H29N5O. The van der Waals surface area contributed by atoms with Crippen molar-refractivity contribution < 1.29 is 4.79 Å². The van der Waals surface area contributed by atoms with Crippen LogP contribution in [0.4, 0.5) is 11.6 Å². The number of hydrogen-bond acceptors (Lipinski definition) is 5. The first-order valence-electron chi connectivity index (χ1n) is 9.68. The van der Waals surface area contributed by atoms with E-state index in [9.17, 15) is 4.79 Å². The van der Waals surface area contributed by atoms with Gasteiger partial charge >= 0.3 is 0 Å². The van der Waals surface area contributed by atoms with Crippen LogP contribution < -0.4 is 10.2 Å². The maximum absolute atomic E-state index is 12.8. The molecule has 1 atom stereocenters. The lowest BCUT2D eigenvalue weighted by atomic mass is 10.1. The Labute approximate surface area is 161 Å². The van der Waals surface area contributed by atoms with Gasteiger partial charge in [-0.2, -0.15) is 0 Å². The summed E-state index contributed by atoms with van der Waals surface area (Å²) in [5.74, 6) is 0.575. The van der Waals surface area contributed by atoms with Crippen LogP contribution in [0.25, 0.3) is 0 Å². The third-order valence-corrected chi connectivity index (χ3v) is 5.37. The highest BCUT2D eigenvalue weighted by Gasteiger charge is 2.23. The lowest BCUT2D eigenvalue weighted by Crippen LogP contribution is -2.49. The zero-order valence-electron chi connectivity index (χ0n) is 16.7. The monoisotopic (exact) mass is 367 g/mol. The molecule has 6 heteroatoms. The Bertz CT molecular complexity index is 782. The summed E-state index contributed by atoms with van der Waals surface area (Å²) in [5.41, 5.74) is 4.43. The summed E-state index contributed by atoms with van der Waals surface area (Å²) in [6, 6.07) is 6.71. The van der Waals surface area contributed by atoms with Crippen LogP contribution in [0.2, 0.25) is 0 Å². The van der Waals surface area contributed by atoms with E-state index in [0.29, 0.717) is 30.6 Å². The van der Waals surface area contributed by atoms with Gasteiger partial charge < -0.3 is 15.1 Å². The number of carbonyl (C=O) groups is 1. The van der Waals surface area contributed by atoms with Gasteiger partial charge in [-0.05, 0) is 44.4 Å². The largest absolute Gasteiger partial charge is 0.368 e. The molecule has 1 aromatic carbocycles. The van der Waals surface area contributed by atoms with Crippen LogP contribution in [0.15, 0.2) is 30.6 Å². The molecule has 27 heavy (non-hydrogen) atoms. The van der Waals surface area contributed by atoms with E-state index in [-0.39, 0.29) is 5.91 Å². The molecule has 1 N–H and O–H groups in total. The van der Waals surface area contributed by atoms with Gasteiger partial charge in [0.25, 0.3) is 5.91 Å². The fraction of sp³-hybridized carbons (Fsp3) is 0.476. The first kappa shape index (κ1) is 19.1. The standard InChI is InChI=1S/C21H29N5O/c1-5-16(3)24-21-22-13-18(14-23-21)20(27)26-11-9-25(10-12-26)19-8-6-7-15(2)17(19)4/h6-8,13-14,16H,5,9-12H2,1-4H3,(H,22,23,24). The van der Waals surface area contributed by atoms with Crippen molar-refractivity contribution in [3.05, 3.63) is 47.3 Å². The fourth-order valence-electron chi connectivity index (χ4n) is 3.25. The molecule has 2 aromatic rings. The van der Waals surface area contributed by atoms with Gasteiger partial charge in [0.1, 0.15) is 0 Å². The Kier molecular flexibility index (Phi) is 5.94. The molecule has 3 rings (SSSR count). The number of hydrogen-bond donors (Lipinski definition) is 1. The second-order valence-corrected chi connectivity index (χ2v) is 7.25. The summed E-state index contributed by atoms with van der Waals surface area (Å²) in [7, 11) is 0. The molecule has 0 spiro atoms. The zero-order chi connectivity index (χ0) is 19.4. The minimum absolute atomic E-state index is 0.00528. The summed E-state index contributed by atoms with van der Waals surface area (Å²) in [6.07, 6.45) is 4.24. The van der Waals surface area contributed by atoms with Crippen molar-refractivity contribution in [1.82, 2.24) is 14.9 Å². The number of aromatic nitrogens is 2. The topological polar surface area (TPSA) is 61.4 Å². The van der Waals surface area contributed by atoms with Gasteiger partial charge in [-0.3, -0.25) is 4.79 Å². The third kappa shape index (κ3) is 4.38. The van der Waals surface area contributed by atoms with Crippen LogP contribution in [0.5, 0.6) is 0 Å². The van der Waals surface area contributed by atoms with E-state index in [1.807, 2.05) is 4.90 Å². The van der Waals surface area contributed by atoms with Gasteiger partial charge in [0.2, 0.25) is 5.95 Å². The zero-order valence-corrected chi connectivity index (χ0v) is 16.7. The van der Waals surface area contributed by atoms with E-state index in [4.69, 9.17) is 0 Å². The van der Waals surface area contributed by atoms with Gasteiger partial charge in [0.05, 0.1) is 5.56 Å². The number of nitrogens with one attached hydrogen (secondary N) is 1. The van der Waals surface area contributed by atoms with E-state index in [2.05, 4.69) is 66.1 Å². The van der Waals surface area contributed by atoms with Crippen molar-refractivity contribution in [2.24, 2.45) is 0 Å². The fourth-order valence-corrected chi connectivity index (χ4v) is 3.25. The van der Waals surface area contributed by atoms with Crippen LogP contribution in [-0.2, 0) is 0 Å². The van der Waals surface area contributed by atoms with Gasteiger partial charge in [-0.25, -0.2) is 9.97 Å². The molecule has 1 saturated heterocycles. The molecule has 1 aliphatic rings. The third-order valence-electron chi connectivity index (χ3n) is 5.37. The second-order valence-electron chi connectivity index (χ2n) is 7.25. The lowest BCUT2D eigenvalue weighted by Gasteiger charge is -2.37. The van der Waals surface area contributed by atoms with E-state index in [1.54, 1.807) is 12.4 Å². The molecule has 1 aliphatic heterocycles. The minimum Gasteiger partial charge on any atom is -0.368 e. The smallest absolute Gasteiger partial charge is 0.257 e. The molecular weight excluding hydrogens is 338 g/mol. The quantitative estimate of drug-likeness (QED) is 0.879. The van der Waals surface area contributed by atoms with E-state index in [0.717, 1.165) is 19.5 Å². The Morgan fingerprint density at radius 2 is 1.81 bits per heavy atom.